The fourth-order valence-electron chi connectivity index (χ4n) is 6.73. The zero-order valence-electron chi connectivity index (χ0n) is 22.6. The third-order valence-electron chi connectivity index (χ3n) is 8.89. The van der Waals surface area contributed by atoms with Crippen LogP contribution < -0.4 is 10.9 Å². The van der Waals surface area contributed by atoms with Gasteiger partial charge in [-0.3, -0.25) is 4.79 Å². The summed E-state index contributed by atoms with van der Waals surface area (Å²) in [6.07, 6.45) is 8.54. The number of hydrogen-bond acceptors (Lipinski definition) is 5. The molecule has 4 aromatic rings. The van der Waals surface area contributed by atoms with E-state index in [2.05, 4.69) is 10.2 Å². The molecule has 0 radical (unpaired) electrons. The standard InChI is InChI=1S/C32H35ClN2O4/c1-19-24(12-13-29(36)34-17-22-6-5-15-35-14-4-3-7-28(22)35)32(37)39-31-20(2)30-26(16-25(19)31)27(18-38-30)21-8-10-23(33)11-9-21/h8-11,16,18,22,28H,3-7,12-15,17H2,1-2H3,(H,34,36)/t22-,28-/m1/s1. The predicted molar refractivity (Wildman–Crippen MR) is 155 cm³/mol. The maximum atomic E-state index is 13.0. The number of furan rings is 1. The maximum absolute atomic E-state index is 13.0. The Hall–Kier alpha value is -3.09. The summed E-state index contributed by atoms with van der Waals surface area (Å²) >= 11 is 6.09. The summed E-state index contributed by atoms with van der Waals surface area (Å²) in [6, 6.07) is 10.3. The van der Waals surface area contributed by atoms with Crippen LogP contribution >= 0.6 is 11.6 Å². The molecule has 7 heteroatoms. The molecule has 6 nitrogen and oxygen atoms in total. The Kier molecular flexibility index (Phi) is 7.25. The van der Waals surface area contributed by atoms with E-state index in [0.29, 0.717) is 40.1 Å². The van der Waals surface area contributed by atoms with E-state index in [1.54, 1.807) is 6.26 Å². The Morgan fingerprint density at radius 2 is 1.82 bits per heavy atom. The average Bonchev–Trinajstić information content (AvgIpc) is 3.37. The Morgan fingerprint density at radius 1 is 1.03 bits per heavy atom. The van der Waals surface area contributed by atoms with E-state index >= 15 is 0 Å². The normalized spacial score (nSPS) is 19.9. The van der Waals surface area contributed by atoms with Gasteiger partial charge >= 0.3 is 5.63 Å². The van der Waals surface area contributed by atoms with Crippen molar-refractivity contribution in [3.8, 4) is 11.1 Å². The molecule has 0 saturated carbocycles. The van der Waals surface area contributed by atoms with E-state index in [9.17, 15) is 9.59 Å². The van der Waals surface area contributed by atoms with Crippen molar-refractivity contribution in [2.45, 2.75) is 64.8 Å². The first kappa shape index (κ1) is 26.1. The van der Waals surface area contributed by atoms with Gasteiger partial charge in [0.05, 0.1) is 6.26 Å². The van der Waals surface area contributed by atoms with Gasteiger partial charge in [-0.15, -0.1) is 0 Å². The van der Waals surface area contributed by atoms with E-state index in [1.165, 1.54) is 45.2 Å². The first-order chi connectivity index (χ1) is 18.9. The van der Waals surface area contributed by atoms with E-state index in [4.69, 9.17) is 20.4 Å². The molecule has 2 aromatic heterocycles. The highest BCUT2D eigenvalue weighted by molar-refractivity contribution is 6.30. The summed E-state index contributed by atoms with van der Waals surface area (Å²) in [5.41, 5.74) is 5.00. The second-order valence-electron chi connectivity index (χ2n) is 11.2. The highest BCUT2D eigenvalue weighted by Crippen LogP contribution is 2.37. The summed E-state index contributed by atoms with van der Waals surface area (Å²) in [5, 5.41) is 5.66. The molecule has 4 heterocycles. The highest BCUT2D eigenvalue weighted by atomic mass is 35.5. The zero-order chi connectivity index (χ0) is 27.1. The molecular weight excluding hydrogens is 512 g/mol. The molecule has 39 heavy (non-hydrogen) atoms. The molecule has 204 valence electrons. The van der Waals surface area contributed by atoms with Crippen LogP contribution in [0.15, 0.2) is 50.2 Å². The van der Waals surface area contributed by atoms with Crippen LogP contribution in [0.25, 0.3) is 33.1 Å². The molecule has 2 aliphatic heterocycles. The van der Waals surface area contributed by atoms with Gasteiger partial charge in [0.1, 0.15) is 11.2 Å². The molecular formula is C32H35ClN2O4. The van der Waals surface area contributed by atoms with Gasteiger partial charge in [0, 0.05) is 51.5 Å². The summed E-state index contributed by atoms with van der Waals surface area (Å²) in [6.45, 7) is 6.96. The fraction of sp³-hybridized carbons (Fsp3) is 0.438. The topological polar surface area (TPSA) is 75.7 Å². The van der Waals surface area contributed by atoms with Crippen molar-refractivity contribution in [3.63, 3.8) is 0 Å². The highest BCUT2D eigenvalue weighted by Gasteiger charge is 2.33. The number of piperidine rings is 2. The number of halogens is 1. The lowest BCUT2D eigenvalue weighted by molar-refractivity contribution is -0.121. The Morgan fingerprint density at radius 3 is 2.64 bits per heavy atom. The Labute approximate surface area is 233 Å². The van der Waals surface area contributed by atoms with E-state index in [-0.39, 0.29) is 18.0 Å². The van der Waals surface area contributed by atoms with Crippen LogP contribution in [-0.4, -0.2) is 36.5 Å². The lowest BCUT2D eigenvalue weighted by Crippen LogP contribution is -2.51. The second-order valence-corrected chi connectivity index (χ2v) is 11.6. The molecule has 0 aliphatic carbocycles. The largest absolute Gasteiger partial charge is 0.463 e. The van der Waals surface area contributed by atoms with Crippen LogP contribution in [0, 0.1) is 19.8 Å². The van der Waals surface area contributed by atoms with E-state index in [1.807, 2.05) is 44.2 Å². The number of hydrogen-bond donors (Lipinski definition) is 1. The zero-order valence-corrected chi connectivity index (χ0v) is 23.4. The van der Waals surface area contributed by atoms with Crippen molar-refractivity contribution >= 4 is 39.4 Å². The molecule has 6 rings (SSSR count). The molecule has 2 atom stereocenters. The molecule has 1 amide bonds. The number of fused-ring (bicyclic) bond motifs is 3. The first-order valence-electron chi connectivity index (χ1n) is 14.1. The predicted octanol–water partition coefficient (Wildman–Crippen LogP) is 6.79. The molecule has 2 saturated heterocycles. The van der Waals surface area contributed by atoms with Crippen LogP contribution in [0.5, 0.6) is 0 Å². The lowest BCUT2D eigenvalue weighted by Gasteiger charge is -2.44. The van der Waals surface area contributed by atoms with Crippen molar-refractivity contribution in [1.29, 1.82) is 0 Å². The number of carbonyl (C=O) groups excluding carboxylic acids is 1. The van der Waals surface area contributed by atoms with Crippen LogP contribution in [0.4, 0.5) is 0 Å². The summed E-state index contributed by atoms with van der Waals surface area (Å²) in [4.78, 5) is 28.5. The number of benzene rings is 2. The summed E-state index contributed by atoms with van der Waals surface area (Å²) in [5.74, 6) is 0.513. The monoisotopic (exact) mass is 546 g/mol. The molecule has 1 N–H and O–H groups in total. The van der Waals surface area contributed by atoms with Gasteiger partial charge in [-0.2, -0.15) is 0 Å². The minimum absolute atomic E-state index is 0.00618. The summed E-state index contributed by atoms with van der Waals surface area (Å²) in [7, 11) is 0. The van der Waals surface area contributed by atoms with Gasteiger partial charge < -0.3 is 19.1 Å². The van der Waals surface area contributed by atoms with Crippen molar-refractivity contribution in [1.82, 2.24) is 10.2 Å². The van der Waals surface area contributed by atoms with Crippen molar-refractivity contribution in [3.05, 3.63) is 68.7 Å². The van der Waals surface area contributed by atoms with Crippen LogP contribution in [0.3, 0.4) is 0 Å². The molecule has 2 aromatic carbocycles. The fourth-order valence-corrected chi connectivity index (χ4v) is 6.85. The smallest absolute Gasteiger partial charge is 0.339 e. The number of amides is 1. The lowest BCUT2D eigenvalue weighted by atomic mass is 9.83. The number of rotatable bonds is 6. The molecule has 0 unspecified atom stereocenters. The van der Waals surface area contributed by atoms with Gasteiger partial charge in [-0.05, 0) is 94.3 Å². The van der Waals surface area contributed by atoms with E-state index < -0.39 is 0 Å². The van der Waals surface area contributed by atoms with Crippen LogP contribution in [0.1, 0.15) is 55.2 Å². The third kappa shape index (κ3) is 5.01. The molecule has 2 aliphatic rings. The molecule has 0 spiro atoms. The third-order valence-corrected chi connectivity index (χ3v) is 9.14. The summed E-state index contributed by atoms with van der Waals surface area (Å²) < 4.78 is 11.7. The number of carbonyl (C=O) groups is 1. The second kappa shape index (κ2) is 10.8. The Balaban J connectivity index is 1.22. The van der Waals surface area contributed by atoms with Crippen LogP contribution in [0.2, 0.25) is 5.02 Å². The maximum Gasteiger partial charge on any atom is 0.339 e. The van der Waals surface area contributed by atoms with E-state index in [0.717, 1.165) is 39.6 Å². The van der Waals surface area contributed by atoms with Crippen molar-refractivity contribution in [2.75, 3.05) is 19.6 Å². The van der Waals surface area contributed by atoms with Crippen molar-refractivity contribution in [2.24, 2.45) is 5.92 Å². The number of aryl methyl sites for hydroxylation is 2. The Bertz CT molecular complexity index is 1580. The van der Waals surface area contributed by atoms with Crippen molar-refractivity contribution < 1.29 is 13.6 Å². The SMILES string of the molecule is Cc1c(CCC(=O)NC[C@H]2CCCN3CCCC[C@H]23)c(=O)oc2c(C)c3occ(-c4ccc(Cl)cc4)c3cc12. The molecule has 0 bridgehead atoms. The first-order valence-corrected chi connectivity index (χ1v) is 14.5. The minimum Gasteiger partial charge on any atom is -0.463 e. The van der Waals surface area contributed by atoms with Crippen LogP contribution in [-0.2, 0) is 11.2 Å². The average molecular weight is 547 g/mol. The minimum atomic E-state index is -0.384. The van der Waals surface area contributed by atoms with Gasteiger partial charge in [0.2, 0.25) is 5.91 Å². The van der Waals surface area contributed by atoms with Gasteiger partial charge in [-0.25, -0.2) is 4.79 Å². The van der Waals surface area contributed by atoms with Gasteiger partial charge in [0.15, 0.2) is 0 Å². The molecule has 2 fully saturated rings. The number of nitrogens with zero attached hydrogens (tertiary/aromatic N) is 1. The van der Waals surface area contributed by atoms with Gasteiger partial charge in [0.25, 0.3) is 0 Å². The number of nitrogens with one attached hydrogen (secondary N) is 1. The van der Waals surface area contributed by atoms with Gasteiger partial charge in [-0.1, -0.05) is 30.2 Å². The quantitative estimate of drug-likeness (QED) is 0.269.